The van der Waals surface area contributed by atoms with E-state index in [2.05, 4.69) is 31.3 Å². The summed E-state index contributed by atoms with van der Waals surface area (Å²) in [6.07, 6.45) is 32.7. The molecule has 0 aliphatic carbocycles. The second-order valence-corrected chi connectivity index (χ2v) is 17.0. The van der Waals surface area contributed by atoms with Crippen LogP contribution in [0.25, 0.3) is 0 Å². The minimum atomic E-state index is -1.59. The first-order valence-corrected chi connectivity index (χ1v) is 24.0. The van der Waals surface area contributed by atoms with Crippen molar-refractivity contribution in [2.45, 2.75) is 268 Å². The molecule has 0 aromatic rings. The van der Waals surface area contributed by atoms with Crippen LogP contribution in [0.15, 0.2) is 12.2 Å². The van der Waals surface area contributed by atoms with Gasteiger partial charge in [-0.05, 0) is 38.5 Å². The van der Waals surface area contributed by atoms with Gasteiger partial charge in [-0.15, -0.1) is 0 Å². The Hall–Kier alpha value is -1.11. The fourth-order valence-electron chi connectivity index (χ4n) is 7.75. The molecule has 0 aromatic carbocycles. The van der Waals surface area contributed by atoms with Gasteiger partial charge in [-0.2, -0.15) is 0 Å². The molecule has 1 heterocycles. The average Bonchev–Trinajstić information content (AvgIpc) is 3.21. The van der Waals surface area contributed by atoms with E-state index in [1.165, 1.54) is 135 Å². The molecule has 10 heteroatoms. The highest BCUT2D eigenvalue weighted by Crippen LogP contribution is 2.23. The normalized spacial score (nSPS) is 21.6. The third-order valence-corrected chi connectivity index (χ3v) is 11.7. The predicted octanol–water partition coefficient (Wildman–Crippen LogP) is 9.09. The number of rotatable bonds is 40. The quantitative estimate of drug-likeness (QED) is 0.0236. The fourth-order valence-corrected chi connectivity index (χ4v) is 7.75. The molecule has 0 spiro atoms. The molecule has 1 saturated heterocycles. The third kappa shape index (κ3) is 28.1. The Morgan fingerprint density at radius 1 is 0.579 bits per heavy atom. The van der Waals surface area contributed by atoms with E-state index in [9.17, 15) is 35.4 Å². The van der Waals surface area contributed by atoms with E-state index in [1.54, 1.807) is 0 Å². The number of aliphatic hydroxyl groups excluding tert-OH is 6. The van der Waals surface area contributed by atoms with E-state index in [0.717, 1.165) is 57.8 Å². The first-order chi connectivity index (χ1) is 27.8. The Labute approximate surface area is 349 Å². The van der Waals surface area contributed by atoms with Crippen molar-refractivity contribution in [3.05, 3.63) is 12.2 Å². The topological polar surface area (TPSA) is 169 Å². The number of carbonyl (C=O) groups excluding carboxylic acids is 1. The van der Waals surface area contributed by atoms with Gasteiger partial charge in [0.25, 0.3) is 0 Å². The molecule has 1 aliphatic rings. The largest absolute Gasteiger partial charge is 0.394 e. The Balaban J connectivity index is 2.31. The van der Waals surface area contributed by atoms with Gasteiger partial charge >= 0.3 is 0 Å². The SMILES string of the molecule is CCCCCCCCCCCCC/C=C\CCCCCCCCC(O)C(=O)NC(COC1OC(CO)C(O)C(O)C1O)C(O)CCCCCCCCCCCCC. The van der Waals surface area contributed by atoms with E-state index >= 15 is 0 Å². The number of carbonyl (C=O) groups is 1. The van der Waals surface area contributed by atoms with Crippen LogP contribution in [-0.2, 0) is 14.3 Å². The highest BCUT2D eigenvalue weighted by molar-refractivity contribution is 5.80. The number of nitrogens with one attached hydrogen (secondary N) is 1. The molecular weight excluding hydrogens is 723 g/mol. The zero-order chi connectivity index (χ0) is 41.8. The van der Waals surface area contributed by atoms with Crippen LogP contribution in [0.3, 0.4) is 0 Å². The van der Waals surface area contributed by atoms with Gasteiger partial charge in [0.05, 0.1) is 25.4 Å². The molecule has 1 aliphatic heterocycles. The Bertz CT molecular complexity index is 921. The van der Waals surface area contributed by atoms with Crippen LogP contribution in [0.5, 0.6) is 0 Å². The Kier molecular flexibility index (Phi) is 35.8. The summed E-state index contributed by atoms with van der Waals surface area (Å²) in [5.74, 6) is -0.588. The van der Waals surface area contributed by atoms with Gasteiger partial charge in [-0.1, -0.05) is 193 Å². The van der Waals surface area contributed by atoms with Crippen LogP contribution in [0, 0.1) is 0 Å². The summed E-state index contributed by atoms with van der Waals surface area (Å²) in [4.78, 5) is 13.0. The fraction of sp³-hybridized carbons (Fsp3) is 0.936. The zero-order valence-electron chi connectivity index (χ0n) is 36.7. The van der Waals surface area contributed by atoms with E-state index in [-0.39, 0.29) is 6.61 Å². The van der Waals surface area contributed by atoms with Crippen LogP contribution in [0.2, 0.25) is 0 Å². The molecule has 10 nitrogen and oxygen atoms in total. The molecule has 8 atom stereocenters. The minimum absolute atomic E-state index is 0.255. The third-order valence-electron chi connectivity index (χ3n) is 11.7. The van der Waals surface area contributed by atoms with Crippen molar-refractivity contribution in [1.82, 2.24) is 5.32 Å². The second kappa shape index (κ2) is 37.9. The van der Waals surface area contributed by atoms with Crippen LogP contribution in [-0.4, -0.2) is 98.7 Å². The van der Waals surface area contributed by atoms with Crippen molar-refractivity contribution in [2.75, 3.05) is 13.2 Å². The number of amides is 1. The summed E-state index contributed by atoms with van der Waals surface area (Å²) in [5, 5.41) is 64.8. The van der Waals surface area contributed by atoms with Crippen LogP contribution in [0.1, 0.15) is 219 Å². The first-order valence-electron chi connectivity index (χ1n) is 24.0. The molecule has 0 aromatic heterocycles. The van der Waals surface area contributed by atoms with Crippen molar-refractivity contribution >= 4 is 5.91 Å². The molecule has 1 amide bonds. The molecule has 8 unspecified atom stereocenters. The summed E-state index contributed by atoms with van der Waals surface area (Å²) >= 11 is 0. The van der Waals surface area contributed by atoms with E-state index in [4.69, 9.17) is 9.47 Å². The first kappa shape index (κ1) is 53.9. The Morgan fingerprint density at radius 3 is 1.42 bits per heavy atom. The van der Waals surface area contributed by atoms with E-state index in [0.29, 0.717) is 12.8 Å². The summed E-state index contributed by atoms with van der Waals surface area (Å²) in [6, 6.07) is -0.892. The van der Waals surface area contributed by atoms with Gasteiger partial charge < -0.3 is 45.4 Å². The highest BCUT2D eigenvalue weighted by atomic mass is 16.7. The maximum Gasteiger partial charge on any atom is 0.249 e. The van der Waals surface area contributed by atoms with Crippen molar-refractivity contribution < 1.29 is 44.9 Å². The lowest BCUT2D eigenvalue weighted by Gasteiger charge is -2.40. The standard InChI is InChI=1S/C47H91NO9/c1-3-5-7-9-11-13-15-16-17-18-19-20-21-22-23-24-26-28-30-32-34-36-41(51)46(55)48-39(38-56-47-45(54)44(53)43(52)42(37-49)57-47)40(50)35-33-31-29-27-25-14-12-10-8-6-4-2/h21-22,39-45,47,49-54H,3-20,23-38H2,1-2H3,(H,48,55)/b22-21-. The number of unbranched alkanes of at least 4 members (excludes halogenated alkanes) is 27. The molecular formula is C47H91NO9. The lowest BCUT2D eigenvalue weighted by molar-refractivity contribution is -0.302. The van der Waals surface area contributed by atoms with Crippen molar-refractivity contribution in [3.63, 3.8) is 0 Å². The van der Waals surface area contributed by atoms with E-state index in [1.807, 2.05) is 0 Å². The summed E-state index contributed by atoms with van der Waals surface area (Å²) in [5.41, 5.74) is 0. The van der Waals surface area contributed by atoms with Crippen LogP contribution in [0.4, 0.5) is 0 Å². The van der Waals surface area contributed by atoms with Crippen molar-refractivity contribution in [1.29, 1.82) is 0 Å². The zero-order valence-corrected chi connectivity index (χ0v) is 36.7. The minimum Gasteiger partial charge on any atom is -0.394 e. The maximum absolute atomic E-state index is 13.0. The smallest absolute Gasteiger partial charge is 0.249 e. The maximum atomic E-state index is 13.0. The molecule has 1 rings (SSSR count). The number of hydrogen-bond donors (Lipinski definition) is 7. The van der Waals surface area contributed by atoms with Gasteiger partial charge in [-0.3, -0.25) is 4.79 Å². The number of aliphatic hydroxyl groups is 6. The van der Waals surface area contributed by atoms with Crippen LogP contribution >= 0.6 is 0 Å². The summed E-state index contributed by atoms with van der Waals surface area (Å²) in [6.45, 7) is 3.66. The van der Waals surface area contributed by atoms with Crippen molar-refractivity contribution in [3.8, 4) is 0 Å². The van der Waals surface area contributed by atoms with Crippen molar-refractivity contribution in [2.24, 2.45) is 0 Å². The Morgan fingerprint density at radius 2 is 0.982 bits per heavy atom. The average molecular weight is 814 g/mol. The van der Waals surface area contributed by atoms with Gasteiger partial charge in [0.1, 0.15) is 30.5 Å². The molecule has 0 bridgehead atoms. The van der Waals surface area contributed by atoms with Gasteiger partial charge in [0.2, 0.25) is 5.91 Å². The van der Waals surface area contributed by atoms with E-state index < -0.39 is 61.5 Å². The monoisotopic (exact) mass is 814 g/mol. The lowest BCUT2D eigenvalue weighted by atomic mass is 9.99. The number of ether oxygens (including phenoxy) is 2. The predicted molar refractivity (Wildman–Crippen MR) is 232 cm³/mol. The molecule has 1 fully saturated rings. The molecule has 338 valence electrons. The molecule has 0 radical (unpaired) electrons. The lowest BCUT2D eigenvalue weighted by Crippen LogP contribution is -2.60. The summed E-state index contributed by atoms with van der Waals surface area (Å²) < 4.78 is 11.2. The molecule has 7 N–H and O–H groups in total. The van der Waals surface area contributed by atoms with Gasteiger partial charge in [0.15, 0.2) is 6.29 Å². The second-order valence-electron chi connectivity index (χ2n) is 17.0. The number of allylic oxidation sites excluding steroid dienone is 2. The highest BCUT2D eigenvalue weighted by Gasteiger charge is 2.44. The molecule has 57 heavy (non-hydrogen) atoms. The molecule has 0 saturated carbocycles. The summed E-state index contributed by atoms with van der Waals surface area (Å²) in [7, 11) is 0. The van der Waals surface area contributed by atoms with Crippen LogP contribution < -0.4 is 5.32 Å². The van der Waals surface area contributed by atoms with Gasteiger partial charge in [0, 0.05) is 0 Å². The van der Waals surface area contributed by atoms with Gasteiger partial charge in [-0.25, -0.2) is 0 Å². The number of hydrogen-bond acceptors (Lipinski definition) is 9.